The molecule has 49 heavy (non-hydrogen) atoms. The van der Waals surface area contributed by atoms with Crippen molar-refractivity contribution < 1.29 is 34.0 Å². The number of ether oxygens (including phenoxy) is 3. The van der Waals surface area contributed by atoms with Gasteiger partial charge in [-0.05, 0) is 79.1 Å². The van der Waals surface area contributed by atoms with Crippen molar-refractivity contribution in [3.05, 3.63) is 105 Å². The van der Waals surface area contributed by atoms with Gasteiger partial charge in [-0.1, -0.05) is 41.9 Å². The SMILES string of the molecule is Cc1c(COc2cc(OCc3cncc(C#N)c3)c(C=O)cc2Cl)cccc1-c1cccc(OCCCN2CCC(O)(C(=O)O)CC2)c1C. The maximum absolute atomic E-state index is 11.8. The number of aldehydes is 1. The number of piperidine rings is 1. The van der Waals surface area contributed by atoms with Crippen LogP contribution in [-0.4, -0.2) is 64.2 Å². The second-order valence-corrected chi connectivity index (χ2v) is 12.5. The molecule has 1 aromatic heterocycles. The zero-order valence-corrected chi connectivity index (χ0v) is 28.2. The van der Waals surface area contributed by atoms with Gasteiger partial charge in [0.25, 0.3) is 0 Å². The number of nitriles is 1. The number of rotatable bonds is 14. The highest BCUT2D eigenvalue weighted by Crippen LogP contribution is 2.36. The summed E-state index contributed by atoms with van der Waals surface area (Å²) in [6, 6.07) is 18.8. The largest absolute Gasteiger partial charge is 0.493 e. The highest BCUT2D eigenvalue weighted by atomic mass is 35.5. The predicted molar refractivity (Wildman–Crippen MR) is 184 cm³/mol. The highest BCUT2D eigenvalue weighted by molar-refractivity contribution is 6.32. The lowest BCUT2D eigenvalue weighted by Crippen LogP contribution is -2.49. The molecule has 2 heterocycles. The van der Waals surface area contributed by atoms with Crippen LogP contribution >= 0.6 is 11.6 Å². The van der Waals surface area contributed by atoms with E-state index >= 15 is 0 Å². The molecule has 10 nitrogen and oxygen atoms in total. The molecule has 0 amide bonds. The van der Waals surface area contributed by atoms with Crippen molar-refractivity contribution in [3.8, 4) is 34.4 Å². The minimum atomic E-state index is -1.62. The number of aliphatic hydroxyl groups is 1. The van der Waals surface area contributed by atoms with Crippen LogP contribution in [0.2, 0.25) is 5.02 Å². The van der Waals surface area contributed by atoms with Gasteiger partial charge in [0.05, 0.1) is 22.8 Å². The summed E-state index contributed by atoms with van der Waals surface area (Å²) in [4.78, 5) is 29.3. The monoisotopic (exact) mass is 683 g/mol. The molecule has 1 fully saturated rings. The van der Waals surface area contributed by atoms with E-state index in [1.165, 1.54) is 12.3 Å². The van der Waals surface area contributed by atoms with E-state index < -0.39 is 11.6 Å². The van der Waals surface area contributed by atoms with Gasteiger partial charge >= 0.3 is 5.97 Å². The van der Waals surface area contributed by atoms with E-state index in [4.69, 9.17) is 31.1 Å². The first-order chi connectivity index (χ1) is 23.6. The normalized spacial score (nSPS) is 14.1. The van der Waals surface area contributed by atoms with Crippen LogP contribution in [-0.2, 0) is 18.0 Å². The van der Waals surface area contributed by atoms with Gasteiger partial charge in [0.15, 0.2) is 11.9 Å². The van der Waals surface area contributed by atoms with E-state index in [9.17, 15) is 19.8 Å². The topological polar surface area (TPSA) is 142 Å². The van der Waals surface area contributed by atoms with Gasteiger partial charge in [-0.3, -0.25) is 9.78 Å². The number of carbonyl (C=O) groups is 2. The number of hydrogen-bond donors (Lipinski definition) is 2. The van der Waals surface area contributed by atoms with Crippen molar-refractivity contribution in [2.45, 2.75) is 51.9 Å². The van der Waals surface area contributed by atoms with E-state index in [1.807, 2.05) is 44.2 Å². The third kappa shape index (κ3) is 8.56. The molecule has 254 valence electrons. The van der Waals surface area contributed by atoms with Crippen LogP contribution in [0.15, 0.2) is 67.0 Å². The summed E-state index contributed by atoms with van der Waals surface area (Å²) in [5, 5.41) is 28.8. The molecule has 0 spiro atoms. The molecule has 1 aliphatic rings. The van der Waals surface area contributed by atoms with Gasteiger partial charge in [0, 0.05) is 43.7 Å². The summed E-state index contributed by atoms with van der Waals surface area (Å²) in [6.07, 6.45) is 4.95. The maximum atomic E-state index is 11.8. The molecule has 0 saturated carbocycles. The number of carbonyl (C=O) groups excluding carboxylic acids is 1. The van der Waals surface area contributed by atoms with Crippen LogP contribution in [0.3, 0.4) is 0 Å². The van der Waals surface area contributed by atoms with Crippen LogP contribution < -0.4 is 14.2 Å². The quantitative estimate of drug-likeness (QED) is 0.111. The van der Waals surface area contributed by atoms with Gasteiger partial charge in [-0.2, -0.15) is 5.26 Å². The van der Waals surface area contributed by atoms with E-state index in [2.05, 4.69) is 22.0 Å². The lowest BCUT2D eigenvalue weighted by molar-refractivity contribution is -0.163. The third-order valence-electron chi connectivity index (χ3n) is 8.87. The minimum absolute atomic E-state index is 0.103. The maximum Gasteiger partial charge on any atom is 0.335 e. The molecular formula is C38H38ClN3O7. The van der Waals surface area contributed by atoms with E-state index in [-0.39, 0.29) is 36.6 Å². The Morgan fingerprint density at radius 2 is 1.69 bits per heavy atom. The molecule has 0 aliphatic carbocycles. The highest BCUT2D eigenvalue weighted by Gasteiger charge is 2.39. The molecule has 1 aliphatic heterocycles. The number of aromatic nitrogens is 1. The fourth-order valence-corrected chi connectivity index (χ4v) is 6.07. The summed E-state index contributed by atoms with van der Waals surface area (Å²) >= 11 is 6.49. The average molecular weight is 684 g/mol. The Bertz CT molecular complexity index is 1870. The number of benzene rings is 3. The third-order valence-corrected chi connectivity index (χ3v) is 9.17. The first-order valence-corrected chi connectivity index (χ1v) is 16.4. The van der Waals surface area contributed by atoms with Crippen molar-refractivity contribution in [1.29, 1.82) is 5.26 Å². The predicted octanol–water partition coefficient (Wildman–Crippen LogP) is 6.54. The summed E-state index contributed by atoms with van der Waals surface area (Å²) in [5.74, 6) is 0.312. The lowest BCUT2D eigenvalue weighted by atomic mass is 9.91. The van der Waals surface area contributed by atoms with Crippen LogP contribution in [0.4, 0.5) is 0 Å². The first-order valence-electron chi connectivity index (χ1n) is 16.0. The molecule has 2 N–H and O–H groups in total. The molecule has 3 aromatic carbocycles. The molecule has 0 unspecified atom stereocenters. The van der Waals surface area contributed by atoms with E-state index in [1.54, 1.807) is 18.3 Å². The number of hydrogen-bond acceptors (Lipinski definition) is 9. The van der Waals surface area contributed by atoms with Crippen molar-refractivity contribution >= 4 is 23.9 Å². The molecule has 0 bridgehead atoms. The summed E-state index contributed by atoms with van der Waals surface area (Å²) in [7, 11) is 0. The zero-order chi connectivity index (χ0) is 35.0. The molecule has 5 rings (SSSR count). The number of carboxylic acid groups (broad SMARTS) is 1. The number of nitrogens with zero attached hydrogens (tertiary/aromatic N) is 3. The first kappa shape index (κ1) is 35.4. The van der Waals surface area contributed by atoms with Gasteiger partial charge in [-0.25, -0.2) is 4.79 Å². The molecule has 11 heteroatoms. The van der Waals surface area contributed by atoms with Crippen molar-refractivity contribution in [3.63, 3.8) is 0 Å². The number of halogens is 1. The molecule has 0 atom stereocenters. The Labute approximate surface area is 290 Å². The Kier molecular flexibility index (Phi) is 11.5. The van der Waals surface area contributed by atoms with Crippen molar-refractivity contribution in [2.75, 3.05) is 26.2 Å². The number of aliphatic carboxylic acids is 1. The van der Waals surface area contributed by atoms with Crippen LogP contribution in [0.1, 0.15) is 57.4 Å². The molecular weight excluding hydrogens is 646 g/mol. The lowest BCUT2D eigenvalue weighted by Gasteiger charge is -2.35. The van der Waals surface area contributed by atoms with Crippen molar-refractivity contribution in [1.82, 2.24) is 9.88 Å². The van der Waals surface area contributed by atoms with Gasteiger partial charge < -0.3 is 29.3 Å². The Hall–Kier alpha value is -4.95. The zero-order valence-electron chi connectivity index (χ0n) is 27.4. The number of likely N-dealkylation sites (tertiary alicyclic amines) is 1. The fraction of sp³-hybridized carbons (Fsp3) is 0.316. The minimum Gasteiger partial charge on any atom is -0.493 e. The van der Waals surface area contributed by atoms with Crippen LogP contribution in [0.5, 0.6) is 17.2 Å². The smallest absolute Gasteiger partial charge is 0.335 e. The molecule has 1 saturated heterocycles. The standard InChI is InChI=1S/C38H38ClN3O7/c1-25-29(24-49-36-18-35(30(22-43)17-33(36)39)48-23-28-16-27(19-40)20-41-21-28)6-3-7-31(25)32-8-4-9-34(26(32)2)47-15-5-12-42-13-10-38(46,11-14-42)37(44)45/h3-4,6-9,16-18,20-22,46H,5,10-15,23-24H2,1-2H3,(H,44,45). The van der Waals surface area contributed by atoms with Crippen molar-refractivity contribution in [2.24, 2.45) is 0 Å². The number of carboxylic acids is 1. The van der Waals surface area contributed by atoms with Crippen LogP contribution in [0, 0.1) is 25.2 Å². The van der Waals surface area contributed by atoms with Crippen LogP contribution in [0.25, 0.3) is 11.1 Å². The fourth-order valence-electron chi connectivity index (χ4n) is 5.85. The van der Waals surface area contributed by atoms with E-state index in [0.717, 1.165) is 46.5 Å². The van der Waals surface area contributed by atoms with Gasteiger partial charge in [0.1, 0.15) is 36.5 Å². The summed E-state index contributed by atoms with van der Waals surface area (Å²) < 4.78 is 18.2. The Morgan fingerprint density at radius 1 is 0.980 bits per heavy atom. The van der Waals surface area contributed by atoms with Gasteiger partial charge in [-0.15, -0.1) is 0 Å². The summed E-state index contributed by atoms with van der Waals surface area (Å²) in [6.45, 7) is 6.76. The Balaban J connectivity index is 1.22. The molecule has 0 radical (unpaired) electrons. The van der Waals surface area contributed by atoms with Gasteiger partial charge in [0.2, 0.25) is 0 Å². The average Bonchev–Trinajstić information content (AvgIpc) is 3.11. The van der Waals surface area contributed by atoms with E-state index in [0.29, 0.717) is 48.6 Å². The molecule has 4 aromatic rings. The number of pyridine rings is 1. The summed E-state index contributed by atoms with van der Waals surface area (Å²) in [5.41, 5.74) is 4.84. The second kappa shape index (κ2) is 16.0. The Morgan fingerprint density at radius 3 is 2.41 bits per heavy atom. The second-order valence-electron chi connectivity index (χ2n) is 12.1.